The van der Waals surface area contributed by atoms with E-state index < -0.39 is 5.97 Å². The first-order valence-corrected chi connectivity index (χ1v) is 4.28. The van der Waals surface area contributed by atoms with Gasteiger partial charge in [0.15, 0.2) is 5.69 Å². The van der Waals surface area contributed by atoms with Crippen LogP contribution >= 0.6 is 0 Å². The zero-order valence-corrected chi connectivity index (χ0v) is 7.37. The highest BCUT2D eigenvalue weighted by Crippen LogP contribution is 2.22. The van der Waals surface area contributed by atoms with Gasteiger partial charge >= 0.3 is 5.97 Å². The summed E-state index contributed by atoms with van der Waals surface area (Å²) >= 11 is 0. The van der Waals surface area contributed by atoms with Crippen molar-refractivity contribution in [1.82, 2.24) is 9.97 Å². The molecule has 1 aromatic heterocycles. The molecule has 13 heavy (non-hydrogen) atoms. The smallest absolute Gasteiger partial charge is 0.354 e. The van der Waals surface area contributed by atoms with Gasteiger partial charge in [-0.05, 0) is 26.2 Å². The van der Waals surface area contributed by atoms with E-state index in [2.05, 4.69) is 9.97 Å². The fraction of sp³-hybridized carbons (Fsp3) is 0.444. The molecule has 1 aliphatic carbocycles. The van der Waals surface area contributed by atoms with Crippen molar-refractivity contribution >= 4 is 5.97 Å². The Morgan fingerprint density at radius 2 is 2.15 bits per heavy atom. The third-order valence-electron chi connectivity index (χ3n) is 2.25. The Bertz CT molecular complexity index is 374. The van der Waals surface area contributed by atoms with Crippen molar-refractivity contribution in [3.05, 3.63) is 22.8 Å². The van der Waals surface area contributed by atoms with Crippen LogP contribution in [0.1, 0.15) is 34.0 Å². The number of carbonyl (C=O) groups is 1. The van der Waals surface area contributed by atoms with Crippen LogP contribution < -0.4 is 0 Å². The number of fused-ring (bicyclic) bond motifs is 1. The lowest BCUT2D eigenvalue weighted by molar-refractivity contribution is 0.0688. The van der Waals surface area contributed by atoms with Gasteiger partial charge in [-0.1, -0.05) is 0 Å². The van der Waals surface area contributed by atoms with Gasteiger partial charge in [-0.25, -0.2) is 14.8 Å². The average molecular weight is 178 g/mol. The highest BCUT2D eigenvalue weighted by atomic mass is 16.4. The first-order chi connectivity index (χ1) is 6.18. The molecule has 1 heterocycles. The normalized spacial score (nSPS) is 14.2. The van der Waals surface area contributed by atoms with Crippen LogP contribution in [-0.2, 0) is 12.8 Å². The van der Waals surface area contributed by atoms with Crippen LogP contribution in [0.25, 0.3) is 0 Å². The predicted octanol–water partition coefficient (Wildman–Crippen LogP) is 0.972. The first kappa shape index (κ1) is 8.16. The molecule has 0 radical (unpaired) electrons. The van der Waals surface area contributed by atoms with Crippen molar-refractivity contribution in [2.24, 2.45) is 0 Å². The third-order valence-corrected chi connectivity index (χ3v) is 2.25. The van der Waals surface area contributed by atoms with Gasteiger partial charge in [-0.3, -0.25) is 0 Å². The summed E-state index contributed by atoms with van der Waals surface area (Å²) in [6.07, 6.45) is 2.68. The molecule has 4 heteroatoms. The predicted molar refractivity (Wildman–Crippen MR) is 45.8 cm³/mol. The molecule has 4 nitrogen and oxygen atoms in total. The third kappa shape index (κ3) is 1.28. The molecule has 2 rings (SSSR count). The number of aromatic carboxylic acids is 1. The maximum Gasteiger partial charge on any atom is 0.354 e. The van der Waals surface area contributed by atoms with Crippen molar-refractivity contribution in [2.45, 2.75) is 26.2 Å². The zero-order chi connectivity index (χ0) is 9.42. The highest BCUT2D eigenvalue weighted by molar-refractivity contribution is 5.87. The minimum Gasteiger partial charge on any atom is -0.477 e. The number of nitrogens with zero attached hydrogens (tertiary/aromatic N) is 2. The topological polar surface area (TPSA) is 63.1 Å². The number of rotatable bonds is 1. The summed E-state index contributed by atoms with van der Waals surface area (Å²) in [6, 6.07) is 0. The van der Waals surface area contributed by atoms with E-state index in [1.54, 1.807) is 6.92 Å². The number of aromatic nitrogens is 2. The number of carboxylic acids is 1. The maximum atomic E-state index is 10.8. The van der Waals surface area contributed by atoms with E-state index in [0.29, 0.717) is 5.82 Å². The SMILES string of the molecule is Cc1nc2c(c(C(=O)O)n1)CCC2. The fourth-order valence-corrected chi connectivity index (χ4v) is 1.73. The molecule has 0 fully saturated rings. The van der Waals surface area contributed by atoms with Crippen molar-refractivity contribution in [3.8, 4) is 0 Å². The minimum absolute atomic E-state index is 0.194. The number of aryl methyl sites for hydroxylation is 2. The molecule has 0 spiro atoms. The summed E-state index contributed by atoms with van der Waals surface area (Å²) in [7, 11) is 0. The zero-order valence-electron chi connectivity index (χ0n) is 7.37. The molecule has 0 saturated heterocycles. The summed E-state index contributed by atoms with van der Waals surface area (Å²) in [4.78, 5) is 19.0. The summed E-state index contributed by atoms with van der Waals surface area (Å²) in [5.41, 5.74) is 1.95. The van der Waals surface area contributed by atoms with Gasteiger partial charge in [0.1, 0.15) is 5.82 Å². The van der Waals surface area contributed by atoms with E-state index in [9.17, 15) is 4.79 Å². The van der Waals surface area contributed by atoms with Crippen LogP contribution in [0.15, 0.2) is 0 Å². The second-order valence-corrected chi connectivity index (χ2v) is 3.20. The standard InChI is InChI=1S/C9H10N2O2/c1-5-10-7-4-2-3-6(7)8(11-5)9(12)13/h2-4H2,1H3,(H,12,13). The van der Waals surface area contributed by atoms with Crippen LogP contribution in [-0.4, -0.2) is 21.0 Å². The van der Waals surface area contributed by atoms with Gasteiger partial charge in [0.25, 0.3) is 0 Å². The molecule has 1 aromatic rings. The second-order valence-electron chi connectivity index (χ2n) is 3.20. The Balaban J connectivity index is 2.62. The quantitative estimate of drug-likeness (QED) is 0.696. The Labute approximate surface area is 75.6 Å². The van der Waals surface area contributed by atoms with Crippen LogP contribution in [0.5, 0.6) is 0 Å². The van der Waals surface area contributed by atoms with E-state index in [1.165, 1.54) is 0 Å². The molecule has 0 amide bonds. The summed E-state index contributed by atoms with van der Waals surface area (Å²) in [5.74, 6) is -0.387. The average Bonchev–Trinajstić information content (AvgIpc) is 2.49. The molecule has 1 N–H and O–H groups in total. The second kappa shape index (κ2) is 2.80. The van der Waals surface area contributed by atoms with Crippen molar-refractivity contribution < 1.29 is 9.90 Å². The monoisotopic (exact) mass is 178 g/mol. The van der Waals surface area contributed by atoms with Crippen molar-refractivity contribution in [3.63, 3.8) is 0 Å². The van der Waals surface area contributed by atoms with E-state index in [0.717, 1.165) is 30.5 Å². The minimum atomic E-state index is -0.941. The van der Waals surface area contributed by atoms with Crippen molar-refractivity contribution in [1.29, 1.82) is 0 Å². The van der Waals surface area contributed by atoms with Gasteiger partial charge in [0.05, 0.1) is 0 Å². The van der Waals surface area contributed by atoms with Crippen LogP contribution in [0.2, 0.25) is 0 Å². The lowest BCUT2D eigenvalue weighted by atomic mass is 10.2. The number of carboxylic acid groups (broad SMARTS) is 1. The van der Waals surface area contributed by atoms with Gasteiger partial charge in [-0.15, -0.1) is 0 Å². The lowest BCUT2D eigenvalue weighted by Gasteiger charge is -2.03. The Morgan fingerprint density at radius 1 is 1.38 bits per heavy atom. The van der Waals surface area contributed by atoms with Gasteiger partial charge in [0, 0.05) is 11.3 Å². The van der Waals surface area contributed by atoms with Crippen LogP contribution in [0.4, 0.5) is 0 Å². The molecular weight excluding hydrogens is 168 g/mol. The van der Waals surface area contributed by atoms with Crippen molar-refractivity contribution in [2.75, 3.05) is 0 Å². The maximum absolute atomic E-state index is 10.8. The molecule has 68 valence electrons. The Hall–Kier alpha value is -1.45. The molecule has 0 unspecified atom stereocenters. The molecular formula is C9H10N2O2. The van der Waals surface area contributed by atoms with Crippen LogP contribution in [0.3, 0.4) is 0 Å². The first-order valence-electron chi connectivity index (χ1n) is 4.28. The van der Waals surface area contributed by atoms with E-state index in [4.69, 9.17) is 5.11 Å². The summed E-state index contributed by atoms with van der Waals surface area (Å²) in [5, 5.41) is 8.88. The molecule has 1 aliphatic rings. The molecule has 0 aliphatic heterocycles. The largest absolute Gasteiger partial charge is 0.477 e. The Kier molecular flexibility index (Phi) is 1.76. The molecule has 0 bridgehead atoms. The Morgan fingerprint density at radius 3 is 2.85 bits per heavy atom. The van der Waals surface area contributed by atoms with Gasteiger partial charge in [-0.2, -0.15) is 0 Å². The van der Waals surface area contributed by atoms with E-state index in [1.807, 2.05) is 0 Å². The molecule has 0 atom stereocenters. The van der Waals surface area contributed by atoms with Crippen LogP contribution in [0, 0.1) is 6.92 Å². The lowest BCUT2D eigenvalue weighted by Crippen LogP contribution is -2.09. The summed E-state index contributed by atoms with van der Waals surface area (Å²) < 4.78 is 0. The molecule has 0 saturated carbocycles. The van der Waals surface area contributed by atoms with E-state index >= 15 is 0 Å². The highest BCUT2D eigenvalue weighted by Gasteiger charge is 2.21. The molecule has 0 aromatic carbocycles. The van der Waals surface area contributed by atoms with E-state index in [-0.39, 0.29) is 5.69 Å². The van der Waals surface area contributed by atoms with Gasteiger partial charge in [0.2, 0.25) is 0 Å². The summed E-state index contributed by atoms with van der Waals surface area (Å²) in [6.45, 7) is 1.73. The number of hydrogen-bond donors (Lipinski definition) is 1. The number of hydrogen-bond acceptors (Lipinski definition) is 3. The fourth-order valence-electron chi connectivity index (χ4n) is 1.73. The van der Waals surface area contributed by atoms with Gasteiger partial charge < -0.3 is 5.11 Å².